The van der Waals surface area contributed by atoms with Crippen molar-refractivity contribution in [2.75, 3.05) is 31.6 Å². The van der Waals surface area contributed by atoms with E-state index in [4.69, 9.17) is 10.5 Å². The van der Waals surface area contributed by atoms with Gasteiger partial charge in [0, 0.05) is 49.0 Å². The second-order valence-electron chi connectivity index (χ2n) is 9.08. The number of imidazole rings is 1. The zero-order chi connectivity index (χ0) is 28.2. The van der Waals surface area contributed by atoms with Gasteiger partial charge in [-0.2, -0.15) is 18.3 Å². The predicted molar refractivity (Wildman–Crippen MR) is 148 cm³/mol. The van der Waals surface area contributed by atoms with E-state index in [1.54, 1.807) is 36.6 Å². The van der Waals surface area contributed by atoms with E-state index in [1.807, 2.05) is 13.0 Å². The van der Waals surface area contributed by atoms with Gasteiger partial charge in [0.1, 0.15) is 0 Å². The van der Waals surface area contributed by atoms with Crippen molar-refractivity contribution in [3.05, 3.63) is 59.8 Å². The molecule has 14 heteroatoms. The van der Waals surface area contributed by atoms with Gasteiger partial charge in [0.05, 0.1) is 30.7 Å². The number of carbonyl (C=O) groups is 1. The Kier molecular flexibility index (Phi) is 10.1. The summed E-state index contributed by atoms with van der Waals surface area (Å²) in [7, 11) is 0. The molecular weight excluding hydrogens is 549 g/mol. The van der Waals surface area contributed by atoms with E-state index in [9.17, 15) is 18.0 Å². The zero-order valence-electron chi connectivity index (χ0n) is 22.3. The predicted octanol–water partition coefficient (Wildman–Crippen LogP) is 4.63. The third kappa shape index (κ3) is 6.72. The highest BCUT2D eigenvalue weighted by Crippen LogP contribution is 2.37. The number of hydrogen-bond donors (Lipinski definition) is 3. The standard InChI is InChI=1S/C26H31F3N8O2.ClH/c1-4-17-13-18(5-6-19(17)25(38)32-9-12-39-11-7-30)34-23-24-33-14-21(36(24)10-8-31-23)20-15-37(16(2)3)35-22(20)26(27,28)29;/h5-6,8,10,13-16H,4,7,9,11-12,30H2,1-3H3,(H,31,34)(H,32,38);1H. The molecule has 0 radical (unpaired) electrons. The van der Waals surface area contributed by atoms with Gasteiger partial charge >= 0.3 is 6.18 Å². The number of nitrogens with zero attached hydrogens (tertiary/aromatic N) is 5. The molecule has 0 atom stereocenters. The van der Waals surface area contributed by atoms with Crippen molar-refractivity contribution in [1.29, 1.82) is 0 Å². The van der Waals surface area contributed by atoms with E-state index in [0.29, 0.717) is 55.4 Å². The summed E-state index contributed by atoms with van der Waals surface area (Å²) in [4.78, 5) is 21.4. The number of rotatable bonds is 11. The number of anilines is 2. The minimum atomic E-state index is -4.63. The second kappa shape index (κ2) is 13.1. The lowest BCUT2D eigenvalue weighted by Gasteiger charge is -2.13. The molecule has 3 heterocycles. The van der Waals surface area contributed by atoms with Crippen molar-refractivity contribution in [1.82, 2.24) is 29.5 Å². The van der Waals surface area contributed by atoms with Gasteiger partial charge in [0.2, 0.25) is 0 Å². The van der Waals surface area contributed by atoms with Crippen molar-refractivity contribution in [3.63, 3.8) is 0 Å². The molecule has 0 spiro atoms. The molecule has 0 fully saturated rings. The number of aryl methyl sites for hydroxylation is 1. The molecule has 40 heavy (non-hydrogen) atoms. The Balaban J connectivity index is 0.00000441. The van der Waals surface area contributed by atoms with Crippen molar-refractivity contribution < 1.29 is 22.7 Å². The number of nitrogens with two attached hydrogens (primary N) is 1. The van der Waals surface area contributed by atoms with E-state index < -0.39 is 11.9 Å². The summed E-state index contributed by atoms with van der Waals surface area (Å²) in [6, 6.07) is 5.04. The Labute approximate surface area is 235 Å². The normalized spacial score (nSPS) is 11.6. The van der Waals surface area contributed by atoms with Crippen LogP contribution in [0.5, 0.6) is 0 Å². The molecular formula is C26H32ClF3N8O2. The van der Waals surface area contributed by atoms with Gasteiger partial charge in [-0.1, -0.05) is 6.92 Å². The molecule has 3 aromatic heterocycles. The Morgan fingerprint density at radius 3 is 2.65 bits per heavy atom. The van der Waals surface area contributed by atoms with Gasteiger partial charge in [-0.3, -0.25) is 13.9 Å². The fourth-order valence-corrected chi connectivity index (χ4v) is 4.10. The summed E-state index contributed by atoms with van der Waals surface area (Å²) >= 11 is 0. The molecule has 0 bridgehead atoms. The smallest absolute Gasteiger partial charge is 0.378 e. The molecule has 0 saturated carbocycles. The number of carbonyl (C=O) groups excluding carboxylic acids is 1. The van der Waals surface area contributed by atoms with Crippen LogP contribution >= 0.6 is 12.4 Å². The monoisotopic (exact) mass is 580 g/mol. The van der Waals surface area contributed by atoms with Crippen LogP contribution in [0.15, 0.2) is 43.0 Å². The summed E-state index contributed by atoms with van der Waals surface area (Å²) in [6.45, 7) is 7.04. The quantitative estimate of drug-likeness (QED) is 0.221. The Morgan fingerprint density at radius 2 is 1.98 bits per heavy atom. The molecule has 0 aliphatic carbocycles. The summed E-state index contributed by atoms with van der Waals surface area (Å²) in [5.41, 5.74) is 6.93. The number of fused-ring (bicyclic) bond motifs is 1. The lowest BCUT2D eigenvalue weighted by atomic mass is 10.0. The molecule has 4 N–H and O–H groups in total. The number of aromatic nitrogens is 5. The van der Waals surface area contributed by atoms with Crippen LogP contribution in [-0.2, 0) is 17.3 Å². The van der Waals surface area contributed by atoms with E-state index in [1.165, 1.54) is 23.3 Å². The van der Waals surface area contributed by atoms with Crippen molar-refractivity contribution in [2.45, 2.75) is 39.4 Å². The van der Waals surface area contributed by atoms with Crippen LogP contribution in [-0.4, -0.2) is 56.4 Å². The van der Waals surface area contributed by atoms with E-state index in [-0.39, 0.29) is 35.6 Å². The average molecular weight is 581 g/mol. The first kappa shape index (κ1) is 30.9. The molecule has 0 aliphatic heterocycles. The molecule has 1 aromatic carbocycles. The van der Waals surface area contributed by atoms with E-state index in [2.05, 4.69) is 25.7 Å². The van der Waals surface area contributed by atoms with Crippen LogP contribution in [0.25, 0.3) is 16.9 Å². The van der Waals surface area contributed by atoms with Gasteiger partial charge in [-0.25, -0.2) is 9.97 Å². The topological polar surface area (TPSA) is 124 Å². The van der Waals surface area contributed by atoms with Gasteiger partial charge < -0.3 is 21.1 Å². The number of amides is 1. The number of ether oxygens (including phenoxy) is 1. The van der Waals surface area contributed by atoms with Crippen LogP contribution < -0.4 is 16.4 Å². The van der Waals surface area contributed by atoms with Crippen LogP contribution in [0.2, 0.25) is 0 Å². The molecule has 0 saturated heterocycles. The van der Waals surface area contributed by atoms with Gasteiger partial charge in [0.25, 0.3) is 5.91 Å². The minimum absolute atomic E-state index is 0. The van der Waals surface area contributed by atoms with Crippen molar-refractivity contribution in [3.8, 4) is 11.3 Å². The van der Waals surface area contributed by atoms with Crippen molar-refractivity contribution in [2.24, 2.45) is 5.73 Å². The highest BCUT2D eigenvalue weighted by Gasteiger charge is 2.38. The van der Waals surface area contributed by atoms with Crippen LogP contribution in [0, 0.1) is 0 Å². The van der Waals surface area contributed by atoms with Crippen LogP contribution in [0.4, 0.5) is 24.7 Å². The number of halogens is 4. The maximum absolute atomic E-state index is 13.8. The van der Waals surface area contributed by atoms with Gasteiger partial charge in [-0.05, 0) is 44.0 Å². The molecule has 0 unspecified atom stereocenters. The summed E-state index contributed by atoms with van der Waals surface area (Å²) in [5, 5.41) is 9.80. The minimum Gasteiger partial charge on any atom is -0.378 e. The van der Waals surface area contributed by atoms with Gasteiger partial charge in [0.15, 0.2) is 17.2 Å². The summed E-state index contributed by atoms with van der Waals surface area (Å²) < 4.78 is 49.5. The first-order valence-electron chi connectivity index (χ1n) is 12.6. The first-order chi connectivity index (χ1) is 18.6. The van der Waals surface area contributed by atoms with Gasteiger partial charge in [-0.15, -0.1) is 12.4 Å². The Hall–Kier alpha value is -3.68. The number of hydrogen-bond acceptors (Lipinski definition) is 7. The fraction of sp³-hybridized carbons (Fsp3) is 0.385. The maximum atomic E-state index is 13.8. The zero-order valence-corrected chi connectivity index (χ0v) is 23.1. The molecule has 4 rings (SSSR count). The third-order valence-corrected chi connectivity index (χ3v) is 6.02. The summed E-state index contributed by atoms with van der Waals surface area (Å²) in [5.74, 6) is 0.139. The fourth-order valence-electron chi connectivity index (χ4n) is 4.10. The number of benzene rings is 1. The first-order valence-corrected chi connectivity index (χ1v) is 12.6. The highest BCUT2D eigenvalue weighted by molar-refractivity contribution is 5.96. The van der Waals surface area contributed by atoms with Crippen LogP contribution in [0.3, 0.4) is 0 Å². The largest absolute Gasteiger partial charge is 0.435 e. The Morgan fingerprint density at radius 1 is 1.20 bits per heavy atom. The molecule has 216 valence electrons. The van der Waals surface area contributed by atoms with E-state index >= 15 is 0 Å². The molecule has 10 nitrogen and oxygen atoms in total. The number of nitrogens with one attached hydrogen (secondary N) is 2. The van der Waals surface area contributed by atoms with Crippen molar-refractivity contribution >= 4 is 35.5 Å². The lowest BCUT2D eigenvalue weighted by Crippen LogP contribution is -2.28. The van der Waals surface area contributed by atoms with Crippen LogP contribution in [0.1, 0.15) is 48.4 Å². The lowest BCUT2D eigenvalue weighted by molar-refractivity contribution is -0.141. The summed E-state index contributed by atoms with van der Waals surface area (Å²) in [6.07, 6.45) is 1.77. The van der Waals surface area contributed by atoms with E-state index in [0.717, 1.165) is 5.56 Å². The second-order valence-corrected chi connectivity index (χ2v) is 9.08. The Bertz CT molecular complexity index is 1450. The SMILES string of the molecule is CCc1cc(Nc2nccn3c(-c4cn(C(C)C)nc4C(F)(F)F)cnc23)ccc1C(=O)NCCOCCN.Cl. The molecule has 1 amide bonds. The average Bonchev–Trinajstić information content (AvgIpc) is 3.54. The third-order valence-electron chi connectivity index (χ3n) is 6.02. The molecule has 4 aromatic rings. The molecule has 0 aliphatic rings. The number of alkyl halides is 3. The highest BCUT2D eigenvalue weighted by atomic mass is 35.5. The maximum Gasteiger partial charge on any atom is 0.435 e.